The van der Waals surface area contributed by atoms with E-state index in [1.165, 1.54) is 13.3 Å². The topological polar surface area (TPSA) is 145 Å². The van der Waals surface area contributed by atoms with Gasteiger partial charge >= 0.3 is 5.97 Å². The predicted molar refractivity (Wildman–Crippen MR) is 142 cm³/mol. The van der Waals surface area contributed by atoms with Crippen molar-refractivity contribution in [3.8, 4) is 17.1 Å². The average molecular weight is 508 g/mol. The molecule has 1 aromatic carbocycles. The summed E-state index contributed by atoms with van der Waals surface area (Å²) in [5.74, 6) is 0.0951. The summed E-state index contributed by atoms with van der Waals surface area (Å²) in [6.07, 6.45) is 2.85. The monoisotopic (exact) mass is 507 g/mol. The second-order valence-electron chi connectivity index (χ2n) is 8.22. The van der Waals surface area contributed by atoms with Crippen molar-refractivity contribution in [1.29, 1.82) is 0 Å². The van der Waals surface area contributed by atoms with Gasteiger partial charge in [0.2, 0.25) is 5.95 Å². The quantitative estimate of drug-likeness (QED) is 0.301. The highest BCUT2D eigenvalue weighted by Gasteiger charge is 2.20. The van der Waals surface area contributed by atoms with Crippen molar-refractivity contribution in [2.24, 2.45) is 7.05 Å². The van der Waals surface area contributed by atoms with Gasteiger partial charge in [0.25, 0.3) is 0 Å². The number of hydrogen-bond acceptors (Lipinski definition) is 9. The van der Waals surface area contributed by atoms with E-state index in [0.717, 1.165) is 17.1 Å². The molecule has 37 heavy (non-hydrogen) atoms. The molecule has 0 aliphatic carbocycles. The van der Waals surface area contributed by atoms with E-state index in [2.05, 4.69) is 35.8 Å². The normalized spacial score (nSPS) is 10.6. The Bertz CT molecular complexity index is 1390. The maximum absolute atomic E-state index is 11.9. The summed E-state index contributed by atoms with van der Waals surface area (Å²) in [6.45, 7) is 11.9. The summed E-state index contributed by atoms with van der Waals surface area (Å²) < 4.78 is 9.12. The number of rotatable bonds is 8. The molecule has 0 aliphatic rings. The summed E-state index contributed by atoms with van der Waals surface area (Å²) in [6, 6.07) is 5.56. The van der Waals surface area contributed by atoms with Gasteiger partial charge in [-0.3, -0.25) is 9.36 Å². The maximum Gasteiger partial charge on any atom is 0.341 e. The molecule has 0 fully saturated rings. The summed E-state index contributed by atoms with van der Waals surface area (Å²) >= 11 is 0. The molecule has 12 nitrogen and oxygen atoms in total. The molecule has 0 saturated heterocycles. The van der Waals surface area contributed by atoms with E-state index in [9.17, 15) is 9.90 Å². The van der Waals surface area contributed by atoms with Gasteiger partial charge in [0, 0.05) is 19.3 Å². The number of benzene rings is 1. The highest BCUT2D eigenvalue weighted by atomic mass is 16.5. The fraction of sp³-hybridized carbons (Fsp3) is 0.360. The molecular weight excluding hydrogens is 474 g/mol. The highest BCUT2D eigenvalue weighted by molar-refractivity contribution is 5.94. The third-order valence-corrected chi connectivity index (χ3v) is 5.38. The molecule has 0 spiro atoms. The number of nitrogens with one attached hydrogen (secondary N) is 2. The van der Waals surface area contributed by atoms with E-state index in [4.69, 9.17) is 4.74 Å². The summed E-state index contributed by atoms with van der Waals surface area (Å²) in [5.41, 5.74) is 3.54. The number of anilines is 4. The van der Waals surface area contributed by atoms with Crippen LogP contribution in [0.4, 0.5) is 23.1 Å². The lowest BCUT2D eigenvalue weighted by Gasteiger charge is -2.15. The van der Waals surface area contributed by atoms with Crippen molar-refractivity contribution in [2.45, 2.75) is 47.6 Å². The summed E-state index contributed by atoms with van der Waals surface area (Å²) in [7, 11) is 3.30. The van der Waals surface area contributed by atoms with E-state index >= 15 is 0 Å². The Kier molecular flexibility index (Phi) is 8.43. The fourth-order valence-electron chi connectivity index (χ4n) is 3.77. The molecule has 0 unspecified atom stereocenters. The smallest absolute Gasteiger partial charge is 0.341 e. The van der Waals surface area contributed by atoms with E-state index in [1.54, 1.807) is 30.2 Å². The van der Waals surface area contributed by atoms with Crippen LogP contribution in [-0.2, 0) is 7.05 Å². The number of carbonyl (C=O) groups is 1. The second-order valence-corrected chi connectivity index (χ2v) is 8.22. The molecule has 0 aliphatic heterocycles. The summed E-state index contributed by atoms with van der Waals surface area (Å²) in [4.78, 5) is 24.9. The van der Waals surface area contributed by atoms with Crippen LogP contribution in [0.15, 0.2) is 30.7 Å². The molecule has 3 aromatic heterocycles. The lowest BCUT2D eigenvalue weighted by Crippen LogP contribution is -2.10. The molecule has 4 rings (SSSR count). The minimum absolute atomic E-state index is 0.0923. The highest BCUT2D eigenvalue weighted by Crippen LogP contribution is 2.37. The first-order valence-electron chi connectivity index (χ1n) is 11.9. The Labute approximate surface area is 215 Å². The van der Waals surface area contributed by atoms with Crippen molar-refractivity contribution in [3.05, 3.63) is 47.7 Å². The second kappa shape index (κ2) is 11.5. The largest absolute Gasteiger partial charge is 0.494 e. The Morgan fingerprint density at radius 2 is 1.84 bits per heavy atom. The first-order valence-corrected chi connectivity index (χ1v) is 11.9. The molecule has 3 heterocycles. The van der Waals surface area contributed by atoms with Gasteiger partial charge in [-0.15, -0.1) is 0 Å². The Hall–Kier alpha value is -4.48. The number of nitrogens with zero attached hydrogens (tertiary/aromatic N) is 7. The number of carboxylic acids is 1. The lowest BCUT2D eigenvalue weighted by molar-refractivity contribution is 0.0697. The molecule has 4 aromatic rings. The number of ether oxygens (including phenoxy) is 1. The van der Waals surface area contributed by atoms with Crippen LogP contribution in [0.25, 0.3) is 11.4 Å². The molecule has 196 valence electrons. The minimum Gasteiger partial charge on any atom is -0.494 e. The molecule has 0 bridgehead atoms. The molecule has 0 saturated carbocycles. The standard InChI is InChI=1S/C23H27N9O3.C2H6/c1-12(2)32-14(4)18(13(3)29-32)27-23-24-10-16(22(33)34)21(28-23)26-17-9-7-8-15(19(17)35-6)20-25-11-31(5)30-20;1-2/h7-12H,1-6H3,(H,33,34)(H2,24,26,27,28);1-2H3. The van der Waals surface area contributed by atoms with Gasteiger partial charge in [0.05, 0.1) is 35.4 Å². The van der Waals surface area contributed by atoms with Gasteiger partial charge in [0.15, 0.2) is 17.4 Å². The van der Waals surface area contributed by atoms with E-state index < -0.39 is 5.97 Å². The van der Waals surface area contributed by atoms with Crippen LogP contribution in [0, 0.1) is 13.8 Å². The van der Waals surface area contributed by atoms with E-state index in [0.29, 0.717) is 22.8 Å². The third kappa shape index (κ3) is 5.68. The third-order valence-electron chi connectivity index (χ3n) is 5.38. The zero-order chi connectivity index (χ0) is 27.3. The van der Waals surface area contributed by atoms with Gasteiger partial charge < -0.3 is 20.5 Å². The van der Waals surface area contributed by atoms with Crippen molar-refractivity contribution < 1.29 is 14.6 Å². The number of methoxy groups -OCH3 is 1. The van der Waals surface area contributed by atoms with Crippen LogP contribution in [0.3, 0.4) is 0 Å². The van der Waals surface area contributed by atoms with Gasteiger partial charge in [-0.2, -0.15) is 15.2 Å². The first-order chi connectivity index (χ1) is 17.7. The zero-order valence-electron chi connectivity index (χ0n) is 22.4. The maximum atomic E-state index is 11.9. The molecule has 0 atom stereocenters. The van der Waals surface area contributed by atoms with Crippen LogP contribution in [0.5, 0.6) is 5.75 Å². The van der Waals surface area contributed by atoms with Crippen molar-refractivity contribution >= 4 is 29.1 Å². The number of aromatic nitrogens is 7. The SMILES string of the molecule is CC.COc1c(Nc2nc(Nc3c(C)nn(C(C)C)c3C)ncc2C(=O)O)cccc1-c1ncn(C)n1. The van der Waals surface area contributed by atoms with Crippen molar-refractivity contribution in [3.63, 3.8) is 0 Å². The number of hydrogen-bond donors (Lipinski definition) is 3. The lowest BCUT2D eigenvalue weighted by atomic mass is 10.1. The molecular formula is C25H33N9O3. The number of aryl methyl sites for hydroxylation is 2. The number of carboxylic acid groups (broad SMARTS) is 1. The Morgan fingerprint density at radius 1 is 1.11 bits per heavy atom. The first kappa shape index (κ1) is 27.1. The van der Waals surface area contributed by atoms with Crippen LogP contribution >= 0.6 is 0 Å². The Balaban J connectivity index is 0.00000186. The molecule has 3 N–H and O–H groups in total. The van der Waals surface area contributed by atoms with Crippen LogP contribution < -0.4 is 15.4 Å². The van der Waals surface area contributed by atoms with E-state index in [1.807, 2.05) is 52.3 Å². The Morgan fingerprint density at radius 3 is 2.41 bits per heavy atom. The fourth-order valence-corrected chi connectivity index (χ4v) is 3.77. The predicted octanol–water partition coefficient (Wildman–Crippen LogP) is 4.89. The summed E-state index contributed by atoms with van der Waals surface area (Å²) in [5, 5.41) is 24.9. The average Bonchev–Trinajstić information content (AvgIpc) is 3.43. The van der Waals surface area contributed by atoms with Crippen molar-refractivity contribution in [1.82, 2.24) is 34.5 Å². The van der Waals surface area contributed by atoms with Crippen LogP contribution in [-0.4, -0.2) is 52.7 Å². The number of aromatic carboxylic acids is 1. The molecule has 0 amide bonds. The molecule has 12 heteroatoms. The van der Waals surface area contributed by atoms with Crippen molar-refractivity contribution in [2.75, 3.05) is 17.7 Å². The van der Waals surface area contributed by atoms with Gasteiger partial charge in [0.1, 0.15) is 11.9 Å². The van der Waals surface area contributed by atoms with Crippen LogP contribution in [0.2, 0.25) is 0 Å². The zero-order valence-corrected chi connectivity index (χ0v) is 22.4. The van der Waals surface area contributed by atoms with Crippen LogP contribution in [0.1, 0.15) is 55.5 Å². The van der Waals surface area contributed by atoms with Gasteiger partial charge in [-0.25, -0.2) is 14.8 Å². The van der Waals surface area contributed by atoms with Gasteiger partial charge in [-0.05, 0) is 39.8 Å². The molecule has 0 radical (unpaired) electrons. The van der Waals surface area contributed by atoms with Gasteiger partial charge in [-0.1, -0.05) is 19.9 Å². The van der Waals surface area contributed by atoms with E-state index in [-0.39, 0.29) is 23.4 Å². The number of para-hydroxylation sites is 1. The minimum atomic E-state index is -1.17.